The van der Waals surface area contributed by atoms with Crippen LogP contribution >= 0.6 is 7.37 Å². The van der Waals surface area contributed by atoms with Gasteiger partial charge in [0.2, 0.25) is 0 Å². The number of hydrogen-bond acceptors (Lipinski definition) is 2. The zero-order valence-corrected chi connectivity index (χ0v) is 10.3. The molecule has 0 fully saturated rings. The fourth-order valence-corrected chi connectivity index (χ4v) is 3.03. The van der Waals surface area contributed by atoms with Gasteiger partial charge in [0.05, 0.1) is 5.60 Å². The van der Waals surface area contributed by atoms with E-state index >= 15 is 0 Å². The summed E-state index contributed by atoms with van der Waals surface area (Å²) in [4.78, 5) is 0. The van der Waals surface area contributed by atoms with Gasteiger partial charge in [-0.25, -0.2) is 0 Å². The van der Waals surface area contributed by atoms with Crippen molar-refractivity contribution < 1.29 is 9.09 Å². The molecule has 1 unspecified atom stereocenters. The maximum atomic E-state index is 12.5. The Morgan fingerprint density at radius 1 is 1.27 bits per heavy atom. The van der Waals surface area contributed by atoms with E-state index in [1.807, 2.05) is 39.0 Å². The molecule has 0 heterocycles. The van der Waals surface area contributed by atoms with E-state index in [-0.39, 0.29) is 0 Å². The van der Waals surface area contributed by atoms with Crippen LogP contribution in [0.4, 0.5) is 0 Å². The van der Waals surface area contributed by atoms with Crippen molar-refractivity contribution in [1.29, 1.82) is 0 Å². The molecule has 1 rings (SSSR count). The maximum absolute atomic E-state index is 12.5. The fourth-order valence-electron chi connectivity index (χ4n) is 1.24. The summed E-state index contributed by atoms with van der Waals surface area (Å²) in [5, 5.41) is 0.690. The van der Waals surface area contributed by atoms with Crippen molar-refractivity contribution in [3.63, 3.8) is 0 Å². The van der Waals surface area contributed by atoms with Crippen LogP contribution < -0.4 is 5.30 Å². The molecule has 2 nitrogen and oxygen atoms in total. The Morgan fingerprint density at radius 2 is 1.80 bits per heavy atom. The van der Waals surface area contributed by atoms with Crippen molar-refractivity contribution in [2.24, 2.45) is 0 Å². The molecule has 0 amide bonds. The maximum Gasteiger partial charge on any atom is 0.254 e. The van der Waals surface area contributed by atoms with Gasteiger partial charge >= 0.3 is 0 Å². The molecule has 1 atom stereocenters. The molecule has 1 aromatic rings. The van der Waals surface area contributed by atoms with Gasteiger partial charge in [-0.1, -0.05) is 24.8 Å². The van der Waals surface area contributed by atoms with E-state index in [0.29, 0.717) is 5.30 Å². The Balaban J connectivity index is 3.07. The highest BCUT2D eigenvalue weighted by Crippen LogP contribution is 2.50. The summed E-state index contributed by atoms with van der Waals surface area (Å²) in [6.07, 6.45) is 0. The lowest BCUT2D eigenvalue weighted by molar-refractivity contribution is 0.141. The lowest BCUT2D eigenvalue weighted by atomic mass is 10.2. The molecule has 0 aromatic heterocycles. The molecule has 0 saturated carbocycles. The smallest absolute Gasteiger partial charge is 0.254 e. The van der Waals surface area contributed by atoms with Crippen molar-refractivity contribution >= 4 is 12.7 Å². The second-order valence-corrected chi connectivity index (χ2v) is 6.58. The summed E-state index contributed by atoms with van der Waals surface area (Å²) >= 11 is 0. The average molecular weight is 224 g/mol. The molecule has 0 aliphatic rings. The molecule has 1 aromatic carbocycles. The molecule has 0 spiro atoms. The normalized spacial score (nSPS) is 15.7. The lowest BCUT2D eigenvalue weighted by Crippen LogP contribution is -2.20. The molecule has 0 aliphatic heterocycles. The Bertz CT molecular complexity index is 376. The molecule has 0 saturated heterocycles. The van der Waals surface area contributed by atoms with Crippen molar-refractivity contribution in [3.05, 3.63) is 42.7 Å². The Morgan fingerprint density at radius 3 is 2.20 bits per heavy atom. The van der Waals surface area contributed by atoms with Gasteiger partial charge in [0.15, 0.2) is 0 Å². The minimum absolute atomic E-state index is 0.445. The first-order valence-electron chi connectivity index (χ1n) is 4.87. The fraction of sp³-hybridized carbons (Fsp3) is 0.333. The minimum Gasteiger partial charge on any atom is -0.317 e. The van der Waals surface area contributed by atoms with Gasteiger partial charge < -0.3 is 4.52 Å². The van der Waals surface area contributed by atoms with Crippen LogP contribution in [-0.4, -0.2) is 5.60 Å². The van der Waals surface area contributed by atoms with Gasteiger partial charge in [0, 0.05) is 5.30 Å². The molecular weight excluding hydrogens is 207 g/mol. The highest BCUT2D eigenvalue weighted by atomic mass is 31.2. The van der Waals surface area contributed by atoms with Crippen molar-refractivity contribution in [2.45, 2.75) is 26.4 Å². The number of benzene rings is 1. The standard InChI is InChI=1S/C12H17O2P/c1-5-15(13,14-12(2,3)4)11-9-7-6-8-10-11/h5-10H,1H2,2-4H3. The molecule has 0 aliphatic carbocycles. The topological polar surface area (TPSA) is 26.3 Å². The van der Waals surface area contributed by atoms with Gasteiger partial charge in [0.25, 0.3) is 7.37 Å². The highest BCUT2D eigenvalue weighted by molar-refractivity contribution is 7.70. The van der Waals surface area contributed by atoms with Gasteiger partial charge in [-0.2, -0.15) is 0 Å². The van der Waals surface area contributed by atoms with Crippen LogP contribution in [0.3, 0.4) is 0 Å². The largest absolute Gasteiger partial charge is 0.317 e. The highest BCUT2D eigenvalue weighted by Gasteiger charge is 2.27. The number of hydrogen-bond donors (Lipinski definition) is 0. The Kier molecular flexibility index (Phi) is 3.54. The van der Waals surface area contributed by atoms with Crippen molar-refractivity contribution in [3.8, 4) is 0 Å². The van der Waals surface area contributed by atoms with Crippen LogP contribution in [0.5, 0.6) is 0 Å². The van der Waals surface area contributed by atoms with E-state index in [1.165, 1.54) is 5.82 Å². The monoisotopic (exact) mass is 224 g/mol. The third-order valence-corrected chi connectivity index (χ3v) is 4.08. The molecule has 0 radical (unpaired) electrons. The molecule has 15 heavy (non-hydrogen) atoms. The van der Waals surface area contributed by atoms with Gasteiger partial charge in [-0.15, -0.1) is 0 Å². The third-order valence-electron chi connectivity index (χ3n) is 1.77. The van der Waals surface area contributed by atoms with E-state index in [9.17, 15) is 4.57 Å². The van der Waals surface area contributed by atoms with Crippen LogP contribution in [0, 0.1) is 0 Å². The second-order valence-electron chi connectivity index (χ2n) is 4.32. The summed E-state index contributed by atoms with van der Waals surface area (Å²) < 4.78 is 18.1. The zero-order chi connectivity index (χ0) is 11.5. The van der Waals surface area contributed by atoms with Gasteiger partial charge in [-0.05, 0) is 38.7 Å². The van der Waals surface area contributed by atoms with Crippen LogP contribution in [0.2, 0.25) is 0 Å². The summed E-state index contributed by atoms with van der Waals surface area (Å²) in [7, 11) is -2.91. The van der Waals surface area contributed by atoms with E-state index in [1.54, 1.807) is 12.1 Å². The Labute approximate surface area is 91.4 Å². The minimum atomic E-state index is -2.91. The SMILES string of the molecule is C=CP(=O)(OC(C)(C)C)c1ccccc1. The quantitative estimate of drug-likeness (QED) is 0.734. The molecule has 0 bridgehead atoms. The molecule has 0 N–H and O–H groups in total. The first-order chi connectivity index (χ1) is 6.87. The van der Waals surface area contributed by atoms with Gasteiger partial charge in [-0.3, -0.25) is 4.57 Å². The van der Waals surface area contributed by atoms with Crippen molar-refractivity contribution in [2.75, 3.05) is 0 Å². The molecule has 82 valence electrons. The molecular formula is C12H17O2P. The van der Waals surface area contributed by atoms with Gasteiger partial charge in [0.1, 0.15) is 0 Å². The zero-order valence-electron chi connectivity index (χ0n) is 9.43. The van der Waals surface area contributed by atoms with Crippen molar-refractivity contribution in [1.82, 2.24) is 0 Å². The predicted octanol–water partition coefficient (Wildman–Crippen LogP) is 3.55. The van der Waals surface area contributed by atoms with Crippen LogP contribution in [0.15, 0.2) is 42.7 Å². The first kappa shape index (κ1) is 12.2. The lowest BCUT2D eigenvalue weighted by Gasteiger charge is -2.25. The summed E-state index contributed by atoms with van der Waals surface area (Å²) in [6.45, 7) is 9.25. The summed E-state index contributed by atoms with van der Waals surface area (Å²) in [6, 6.07) is 9.17. The average Bonchev–Trinajstić information content (AvgIpc) is 2.16. The van der Waals surface area contributed by atoms with Crippen LogP contribution in [0.1, 0.15) is 20.8 Å². The number of rotatable bonds is 3. The van der Waals surface area contributed by atoms with Crippen LogP contribution in [-0.2, 0) is 9.09 Å². The predicted molar refractivity (Wildman–Crippen MR) is 64.7 cm³/mol. The van der Waals surface area contributed by atoms with E-state index < -0.39 is 13.0 Å². The Hall–Kier alpha value is -0.850. The summed E-state index contributed by atoms with van der Waals surface area (Å²) in [5.41, 5.74) is -0.445. The van der Waals surface area contributed by atoms with E-state index in [0.717, 1.165) is 0 Å². The van der Waals surface area contributed by atoms with E-state index in [4.69, 9.17) is 4.52 Å². The summed E-state index contributed by atoms with van der Waals surface area (Å²) in [5.74, 6) is 1.41. The second kappa shape index (κ2) is 4.34. The van der Waals surface area contributed by atoms with E-state index in [2.05, 4.69) is 6.58 Å². The molecule has 3 heteroatoms. The first-order valence-corrected chi connectivity index (χ1v) is 6.56. The van der Waals surface area contributed by atoms with Crippen LogP contribution in [0.25, 0.3) is 0 Å². The third kappa shape index (κ3) is 3.33.